The Morgan fingerprint density at radius 3 is 2.57 bits per heavy atom. The average Bonchev–Trinajstić information content (AvgIpc) is 2.99. The van der Waals surface area contributed by atoms with Crippen LogP contribution in [0.3, 0.4) is 0 Å². The molecule has 30 heavy (non-hydrogen) atoms. The van der Waals surface area contributed by atoms with Gasteiger partial charge >= 0.3 is 5.97 Å². The maximum atomic E-state index is 13.1. The topological polar surface area (TPSA) is 88.4 Å². The molecule has 1 aromatic heterocycles. The molecule has 1 aliphatic rings. The second kappa shape index (κ2) is 8.75. The maximum Gasteiger partial charge on any atom is 0.305 e. The number of fused-ring (bicyclic) bond motifs is 3. The third-order valence-corrected chi connectivity index (χ3v) is 6.91. The normalized spacial score (nSPS) is 16.1. The highest BCUT2D eigenvalue weighted by molar-refractivity contribution is 7.89. The number of aliphatic carboxylic acids is 1. The van der Waals surface area contributed by atoms with Gasteiger partial charge in [-0.25, -0.2) is 17.5 Å². The molecule has 9 heteroatoms. The number of sulfonamides is 1. The Balaban J connectivity index is 0.00000256. The molecule has 2 aromatic carbocycles. The summed E-state index contributed by atoms with van der Waals surface area (Å²) >= 11 is 0. The number of carbonyl (C=O) groups is 1. The summed E-state index contributed by atoms with van der Waals surface area (Å²) in [4.78, 5) is 11.1. The van der Waals surface area contributed by atoms with E-state index in [4.69, 9.17) is 5.11 Å². The SMILES string of the molecule is Cl.O=C(O)CCn1c2c(c3ccccc31)C[C@H](NS(=O)(=O)c1ccc(F)cc1)CC2. The highest BCUT2D eigenvalue weighted by atomic mass is 35.5. The second-order valence-corrected chi connectivity index (χ2v) is 8.97. The Labute approximate surface area is 180 Å². The zero-order chi connectivity index (χ0) is 20.6. The van der Waals surface area contributed by atoms with E-state index in [0.29, 0.717) is 25.8 Å². The monoisotopic (exact) mass is 452 g/mol. The van der Waals surface area contributed by atoms with Crippen LogP contribution in [0.5, 0.6) is 0 Å². The van der Waals surface area contributed by atoms with Crippen LogP contribution in [0.4, 0.5) is 4.39 Å². The summed E-state index contributed by atoms with van der Waals surface area (Å²) < 4.78 is 43.2. The zero-order valence-corrected chi connectivity index (χ0v) is 17.7. The van der Waals surface area contributed by atoms with E-state index in [0.717, 1.165) is 34.3 Å². The molecular formula is C21H22ClFN2O4S. The van der Waals surface area contributed by atoms with Gasteiger partial charge in [-0.05, 0) is 55.2 Å². The second-order valence-electron chi connectivity index (χ2n) is 7.25. The lowest BCUT2D eigenvalue weighted by Crippen LogP contribution is -2.39. The Kier molecular flexibility index (Phi) is 6.50. The van der Waals surface area contributed by atoms with E-state index in [1.165, 1.54) is 12.1 Å². The van der Waals surface area contributed by atoms with Crippen LogP contribution in [0, 0.1) is 5.82 Å². The lowest BCUT2D eigenvalue weighted by molar-refractivity contribution is -0.137. The number of aromatic nitrogens is 1. The van der Waals surface area contributed by atoms with Gasteiger partial charge in [0.15, 0.2) is 0 Å². The highest BCUT2D eigenvalue weighted by Gasteiger charge is 2.28. The Morgan fingerprint density at radius 1 is 1.17 bits per heavy atom. The minimum Gasteiger partial charge on any atom is -0.481 e. The standard InChI is InChI=1S/C21H21FN2O4S.ClH/c22-14-5-8-16(9-6-14)29(27,28)23-15-7-10-20-18(13-15)17-3-1-2-4-19(17)24(20)12-11-21(25)26;/h1-6,8-9,15,23H,7,10-13H2,(H,25,26);1H/t15-;/m1./s1. The third-order valence-electron chi connectivity index (χ3n) is 5.37. The largest absolute Gasteiger partial charge is 0.481 e. The van der Waals surface area contributed by atoms with Crippen LogP contribution in [-0.2, 0) is 34.2 Å². The first kappa shape index (κ1) is 22.3. The quantitative estimate of drug-likeness (QED) is 0.599. The molecule has 0 amide bonds. The van der Waals surface area contributed by atoms with Crippen LogP contribution in [0.15, 0.2) is 53.4 Å². The maximum absolute atomic E-state index is 13.1. The number of nitrogens with zero attached hydrogens (tertiary/aromatic N) is 1. The third kappa shape index (κ3) is 4.35. The van der Waals surface area contributed by atoms with Gasteiger partial charge in [-0.3, -0.25) is 4.79 Å². The van der Waals surface area contributed by atoms with E-state index < -0.39 is 21.8 Å². The number of hydrogen-bond donors (Lipinski definition) is 2. The number of hydrogen-bond acceptors (Lipinski definition) is 3. The first-order chi connectivity index (χ1) is 13.8. The number of carboxylic acids is 1. The number of nitrogens with one attached hydrogen (secondary N) is 1. The minimum atomic E-state index is -3.75. The summed E-state index contributed by atoms with van der Waals surface area (Å²) in [6, 6.07) is 12.3. The number of halogens is 2. The molecule has 0 radical (unpaired) electrons. The summed E-state index contributed by atoms with van der Waals surface area (Å²) in [6.45, 7) is 0.386. The molecule has 0 bridgehead atoms. The summed E-state index contributed by atoms with van der Waals surface area (Å²) in [5.74, 6) is -1.34. The van der Waals surface area contributed by atoms with E-state index in [-0.39, 0.29) is 29.8 Å². The van der Waals surface area contributed by atoms with Gasteiger partial charge in [-0.1, -0.05) is 18.2 Å². The van der Waals surface area contributed by atoms with Crippen LogP contribution >= 0.6 is 12.4 Å². The molecule has 0 saturated carbocycles. The Hall–Kier alpha value is -2.42. The molecule has 4 rings (SSSR count). The highest BCUT2D eigenvalue weighted by Crippen LogP contribution is 2.33. The molecule has 1 atom stereocenters. The fourth-order valence-corrected chi connectivity index (χ4v) is 5.34. The summed E-state index contributed by atoms with van der Waals surface area (Å²) in [5, 5.41) is 10.1. The van der Waals surface area contributed by atoms with Crippen molar-refractivity contribution < 1.29 is 22.7 Å². The zero-order valence-electron chi connectivity index (χ0n) is 16.0. The van der Waals surface area contributed by atoms with Gasteiger partial charge in [0, 0.05) is 29.2 Å². The lowest BCUT2D eigenvalue weighted by atomic mass is 9.92. The number of benzene rings is 2. The lowest BCUT2D eigenvalue weighted by Gasteiger charge is -2.25. The van der Waals surface area contributed by atoms with Gasteiger partial charge in [0.25, 0.3) is 0 Å². The van der Waals surface area contributed by atoms with Crippen LogP contribution in [-0.4, -0.2) is 30.1 Å². The van der Waals surface area contributed by atoms with E-state index in [1.807, 2.05) is 28.8 Å². The summed E-state index contributed by atoms with van der Waals surface area (Å²) in [5.41, 5.74) is 3.11. The van der Waals surface area contributed by atoms with Gasteiger partial charge in [-0.2, -0.15) is 0 Å². The number of carboxylic acid groups (broad SMARTS) is 1. The first-order valence-corrected chi connectivity index (χ1v) is 10.9. The van der Waals surface area contributed by atoms with Crippen molar-refractivity contribution in [3.8, 4) is 0 Å². The number of para-hydroxylation sites is 1. The Bertz CT molecular complexity index is 1180. The number of aryl methyl sites for hydroxylation is 1. The van der Waals surface area contributed by atoms with Crippen molar-refractivity contribution in [2.24, 2.45) is 0 Å². The van der Waals surface area contributed by atoms with Crippen molar-refractivity contribution in [2.45, 2.75) is 43.2 Å². The van der Waals surface area contributed by atoms with Crippen molar-refractivity contribution >= 4 is 39.3 Å². The van der Waals surface area contributed by atoms with Crippen molar-refractivity contribution in [3.63, 3.8) is 0 Å². The molecular weight excluding hydrogens is 431 g/mol. The molecule has 0 saturated heterocycles. The van der Waals surface area contributed by atoms with Gasteiger partial charge in [0.05, 0.1) is 11.3 Å². The molecule has 1 aliphatic carbocycles. The fourth-order valence-electron chi connectivity index (χ4n) is 4.07. The molecule has 0 unspecified atom stereocenters. The molecule has 1 heterocycles. The van der Waals surface area contributed by atoms with Gasteiger partial charge in [0.1, 0.15) is 5.82 Å². The average molecular weight is 453 g/mol. The molecule has 0 aliphatic heterocycles. The van der Waals surface area contributed by atoms with E-state index >= 15 is 0 Å². The van der Waals surface area contributed by atoms with Gasteiger partial charge in [0.2, 0.25) is 10.0 Å². The van der Waals surface area contributed by atoms with Crippen LogP contribution in [0.25, 0.3) is 10.9 Å². The van der Waals surface area contributed by atoms with E-state index in [9.17, 15) is 17.6 Å². The molecule has 6 nitrogen and oxygen atoms in total. The molecule has 0 fully saturated rings. The van der Waals surface area contributed by atoms with Crippen molar-refractivity contribution in [1.29, 1.82) is 0 Å². The predicted molar refractivity (Wildman–Crippen MR) is 114 cm³/mol. The summed E-state index contributed by atoms with van der Waals surface area (Å²) in [6.07, 6.45) is 1.82. The predicted octanol–water partition coefficient (Wildman–Crippen LogP) is 3.51. The smallest absolute Gasteiger partial charge is 0.305 e. The van der Waals surface area contributed by atoms with Crippen molar-refractivity contribution in [2.75, 3.05) is 0 Å². The van der Waals surface area contributed by atoms with Crippen LogP contribution in [0.1, 0.15) is 24.1 Å². The fraction of sp³-hybridized carbons (Fsp3) is 0.286. The van der Waals surface area contributed by atoms with E-state index in [2.05, 4.69) is 4.72 Å². The molecule has 0 spiro atoms. The molecule has 2 N–H and O–H groups in total. The van der Waals surface area contributed by atoms with Gasteiger partial charge in [-0.15, -0.1) is 12.4 Å². The van der Waals surface area contributed by atoms with E-state index in [1.54, 1.807) is 0 Å². The van der Waals surface area contributed by atoms with Crippen molar-refractivity contribution in [1.82, 2.24) is 9.29 Å². The van der Waals surface area contributed by atoms with Crippen LogP contribution < -0.4 is 4.72 Å². The van der Waals surface area contributed by atoms with Crippen LogP contribution in [0.2, 0.25) is 0 Å². The molecule has 3 aromatic rings. The minimum absolute atomic E-state index is 0. The van der Waals surface area contributed by atoms with Crippen molar-refractivity contribution in [3.05, 3.63) is 65.6 Å². The summed E-state index contributed by atoms with van der Waals surface area (Å²) in [7, 11) is -3.75. The Morgan fingerprint density at radius 2 is 1.87 bits per heavy atom. The molecule has 160 valence electrons. The number of rotatable bonds is 6. The first-order valence-electron chi connectivity index (χ1n) is 9.44. The van der Waals surface area contributed by atoms with Gasteiger partial charge < -0.3 is 9.67 Å².